The molecule has 2 N–H and O–H groups in total. The van der Waals surface area contributed by atoms with E-state index in [9.17, 15) is 14.4 Å². The monoisotopic (exact) mass is 329 g/mol. The zero-order chi connectivity index (χ0) is 17.7. The van der Waals surface area contributed by atoms with Crippen LogP contribution in [-0.4, -0.2) is 42.3 Å². The van der Waals surface area contributed by atoms with Crippen molar-refractivity contribution in [3.63, 3.8) is 0 Å². The maximum atomic E-state index is 12.9. The topological polar surface area (TPSA) is 78.5 Å². The Bertz CT molecular complexity index is 669. The zero-order valence-corrected chi connectivity index (χ0v) is 14.1. The summed E-state index contributed by atoms with van der Waals surface area (Å²) in [6, 6.07) is 4.31. The minimum atomic E-state index is -0.834. The van der Waals surface area contributed by atoms with Gasteiger partial charge in [0.1, 0.15) is 6.04 Å². The van der Waals surface area contributed by atoms with Crippen LogP contribution in [0.2, 0.25) is 0 Å². The molecule has 0 aliphatic carbocycles. The number of fused-ring (bicyclic) bond motifs is 1. The number of likely N-dealkylation sites (N-methyl/N-ethyl adjacent to an activating group) is 1. The number of nitrogens with one attached hydrogen (secondary N) is 2. The first kappa shape index (κ1) is 17.7. The molecule has 1 atom stereocenters. The summed E-state index contributed by atoms with van der Waals surface area (Å²) in [5.74, 6) is -1.20. The SMILES string of the molecule is C=CCCC(C(=O)NC)N1C(=O)c2cccc(NCCC)c2C1=O. The Balaban J connectivity index is 2.40. The lowest BCUT2D eigenvalue weighted by Gasteiger charge is -2.24. The van der Waals surface area contributed by atoms with Crippen LogP contribution < -0.4 is 10.6 Å². The Morgan fingerprint density at radius 2 is 2.08 bits per heavy atom. The van der Waals surface area contributed by atoms with Crippen LogP contribution >= 0.6 is 0 Å². The largest absolute Gasteiger partial charge is 0.384 e. The Kier molecular flexibility index (Phi) is 5.73. The van der Waals surface area contributed by atoms with Crippen molar-refractivity contribution in [3.05, 3.63) is 42.0 Å². The summed E-state index contributed by atoms with van der Waals surface area (Å²) in [6.07, 6.45) is 3.46. The fourth-order valence-electron chi connectivity index (χ4n) is 2.81. The second-order valence-corrected chi connectivity index (χ2v) is 5.63. The van der Waals surface area contributed by atoms with E-state index in [1.54, 1.807) is 24.3 Å². The second-order valence-electron chi connectivity index (χ2n) is 5.63. The Labute approximate surface area is 141 Å². The molecule has 0 aromatic heterocycles. The third-order valence-corrected chi connectivity index (χ3v) is 4.02. The van der Waals surface area contributed by atoms with E-state index in [1.165, 1.54) is 7.05 Å². The predicted octanol–water partition coefficient (Wildman–Crippen LogP) is 2.19. The van der Waals surface area contributed by atoms with Gasteiger partial charge in [-0.05, 0) is 31.4 Å². The molecule has 24 heavy (non-hydrogen) atoms. The Morgan fingerprint density at radius 3 is 2.71 bits per heavy atom. The minimum absolute atomic E-state index is 0.341. The smallest absolute Gasteiger partial charge is 0.264 e. The molecule has 0 spiro atoms. The van der Waals surface area contributed by atoms with Gasteiger partial charge in [0.25, 0.3) is 11.8 Å². The molecule has 128 valence electrons. The third-order valence-electron chi connectivity index (χ3n) is 4.02. The lowest BCUT2D eigenvalue weighted by molar-refractivity contribution is -0.124. The molecule has 0 bridgehead atoms. The van der Waals surface area contributed by atoms with Crippen molar-refractivity contribution >= 4 is 23.4 Å². The van der Waals surface area contributed by atoms with E-state index in [2.05, 4.69) is 17.2 Å². The first-order chi connectivity index (χ1) is 11.6. The highest BCUT2D eigenvalue weighted by molar-refractivity contribution is 6.25. The molecular weight excluding hydrogens is 306 g/mol. The van der Waals surface area contributed by atoms with E-state index >= 15 is 0 Å². The van der Waals surface area contributed by atoms with Crippen molar-refractivity contribution in [1.82, 2.24) is 10.2 Å². The van der Waals surface area contributed by atoms with Gasteiger partial charge in [-0.15, -0.1) is 6.58 Å². The summed E-state index contributed by atoms with van der Waals surface area (Å²) >= 11 is 0. The van der Waals surface area contributed by atoms with Crippen molar-refractivity contribution in [2.75, 3.05) is 18.9 Å². The highest BCUT2D eigenvalue weighted by atomic mass is 16.2. The lowest BCUT2D eigenvalue weighted by Crippen LogP contribution is -2.48. The number of imide groups is 1. The standard InChI is InChI=1S/C18H23N3O3/c1-4-6-10-14(16(22)19-3)21-17(23)12-8-7-9-13(20-11-5-2)15(12)18(21)24/h4,7-9,14,20H,1,5-6,10-11H2,2-3H3,(H,19,22). The average Bonchev–Trinajstić information content (AvgIpc) is 2.85. The number of nitrogens with zero attached hydrogens (tertiary/aromatic N) is 1. The normalized spacial score (nSPS) is 14.3. The van der Waals surface area contributed by atoms with Gasteiger partial charge in [-0.2, -0.15) is 0 Å². The van der Waals surface area contributed by atoms with Gasteiger partial charge in [0.15, 0.2) is 0 Å². The zero-order valence-electron chi connectivity index (χ0n) is 14.1. The van der Waals surface area contributed by atoms with Crippen LogP contribution in [-0.2, 0) is 4.79 Å². The number of hydrogen-bond acceptors (Lipinski definition) is 4. The van der Waals surface area contributed by atoms with Crippen molar-refractivity contribution < 1.29 is 14.4 Å². The fourth-order valence-corrected chi connectivity index (χ4v) is 2.81. The molecule has 1 aromatic carbocycles. The number of carbonyl (C=O) groups is 3. The molecule has 1 heterocycles. The molecule has 1 aromatic rings. The maximum absolute atomic E-state index is 12.9. The maximum Gasteiger partial charge on any atom is 0.264 e. The highest BCUT2D eigenvalue weighted by Gasteiger charge is 2.43. The van der Waals surface area contributed by atoms with Crippen LogP contribution in [0.4, 0.5) is 5.69 Å². The van der Waals surface area contributed by atoms with Crippen LogP contribution in [0.1, 0.15) is 46.9 Å². The van der Waals surface area contributed by atoms with Crippen molar-refractivity contribution in [2.45, 2.75) is 32.2 Å². The number of benzene rings is 1. The number of hydrogen-bond donors (Lipinski definition) is 2. The lowest BCUT2D eigenvalue weighted by atomic mass is 10.1. The number of anilines is 1. The van der Waals surface area contributed by atoms with E-state index < -0.39 is 17.9 Å². The van der Waals surface area contributed by atoms with Gasteiger partial charge in [-0.1, -0.05) is 19.1 Å². The number of rotatable bonds is 8. The summed E-state index contributed by atoms with van der Waals surface area (Å²) in [5, 5.41) is 5.71. The van der Waals surface area contributed by atoms with Crippen LogP contribution in [0.5, 0.6) is 0 Å². The van der Waals surface area contributed by atoms with E-state index in [-0.39, 0.29) is 5.91 Å². The number of carbonyl (C=O) groups excluding carboxylic acids is 3. The van der Waals surface area contributed by atoms with Crippen LogP contribution in [0.15, 0.2) is 30.9 Å². The fraction of sp³-hybridized carbons (Fsp3) is 0.389. The van der Waals surface area contributed by atoms with Gasteiger partial charge in [-0.3, -0.25) is 19.3 Å². The second kappa shape index (κ2) is 7.77. The first-order valence-electron chi connectivity index (χ1n) is 8.14. The van der Waals surface area contributed by atoms with Gasteiger partial charge >= 0.3 is 0 Å². The van der Waals surface area contributed by atoms with E-state index in [0.717, 1.165) is 11.3 Å². The van der Waals surface area contributed by atoms with Gasteiger partial charge in [0.05, 0.1) is 11.1 Å². The minimum Gasteiger partial charge on any atom is -0.384 e. The summed E-state index contributed by atoms with van der Waals surface area (Å²) < 4.78 is 0. The average molecular weight is 329 g/mol. The number of amides is 3. The summed E-state index contributed by atoms with van der Waals surface area (Å²) in [7, 11) is 1.50. The first-order valence-corrected chi connectivity index (χ1v) is 8.14. The van der Waals surface area contributed by atoms with Crippen LogP contribution in [0, 0.1) is 0 Å². The molecule has 1 aliphatic heterocycles. The molecule has 6 heteroatoms. The van der Waals surface area contributed by atoms with Crippen LogP contribution in [0.25, 0.3) is 0 Å². The van der Waals surface area contributed by atoms with Crippen molar-refractivity contribution in [3.8, 4) is 0 Å². The number of allylic oxidation sites excluding steroid dienone is 1. The van der Waals surface area contributed by atoms with Gasteiger partial charge in [-0.25, -0.2) is 0 Å². The Hall–Kier alpha value is -2.63. The summed E-state index contributed by atoms with van der Waals surface area (Å²) in [6.45, 7) is 6.36. The highest BCUT2D eigenvalue weighted by Crippen LogP contribution is 2.31. The molecule has 6 nitrogen and oxygen atoms in total. The van der Waals surface area contributed by atoms with Gasteiger partial charge in [0.2, 0.25) is 5.91 Å². The molecule has 1 unspecified atom stereocenters. The van der Waals surface area contributed by atoms with E-state index in [4.69, 9.17) is 0 Å². The van der Waals surface area contributed by atoms with E-state index in [0.29, 0.717) is 36.2 Å². The third kappa shape index (κ3) is 3.18. The summed E-state index contributed by atoms with van der Waals surface area (Å²) in [4.78, 5) is 38.9. The molecule has 0 fully saturated rings. The predicted molar refractivity (Wildman–Crippen MR) is 93.0 cm³/mol. The van der Waals surface area contributed by atoms with Crippen molar-refractivity contribution in [1.29, 1.82) is 0 Å². The van der Waals surface area contributed by atoms with Gasteiger partial charge < -0.3 is 10.6 Å². The van der Waals surface area contributed by atoms with Crippen LogP contribution in [0.3, 0.4) is 0 Å². The molecule has 3 amide bonds. The molecule has 1 aliphatic rings. The van der Waals surface area contributed by atoms with Crippen molar-refractivity contribution in [2.24, 2.45) is 0 Å². The van der Waals surface area contributed by atoms with Gasteiger partial charge in [0, 0.05) is 19.3 Å². The quantitative estimate of drug-likeness (QED) is 0.566. The molecule has 2 rings (SSSR count). The molecule has 0 radical (unpaired) electrons. The molecule has 0 saturated heterocycles. The molecule has 0 saturated carbocycles. The molecular formula is C18H23N3O3. The Morgan fingerprint density at radius 1 is 1.33 bits per heavy atom. The summed E-state index contributed by atoms with van der Waals surface area (Å²) in [5.41, 5.74) is 1.33. The van der Waals surface area contributed by atoms with E-state index in [1.807, 2.05) is 6.92 Å².